The largest absolute Gasteiger partial charge is 0.478 e. The number of rotatable bonds is 4. The lowest BCUT2D eigenvalue weighted by atomic mass is 10.0. The normalized spacial score (nSPS) is 16.8. The molecular weight excluding hydrogens is 268 g/mol. The molecule has 0 saturated carbocycles. The van der Waals surface area contributed by atoms with E-state index in [0.29, 0.717) is 24.2 Å². The SMILES string of the molecule is CCc1nnc(N2CCCN(C)CC2)c(C(=O)O)c1CC. The van der Waals surface area contributed by atoms with Crippen molar-refractivity contribution in [2.75, 3.05) is 38.1 Å². The summed E-state index contributed by atoms with van der Waals surface area (Å²) in [7, 11) is 2.09. The van der Waals surface area contributed by atoms with Crippen molar-refractivity contribution < 1.29 is 9.90 Å². The molecule has 1 aliphatic rings. The van der Waals surface area contributed by atoms with Gasteiger partial charge in [-0.25, -0.2) is 4.79 Å². The Labute approximate surface area is 125 Å². The first-order chi connectivity index (χ1) is 10.1. The molecule has 0 aromatic carbocycles. The van der Waals surface area contributed by atoms with E-state index in [1.165, 1.54) is 0 Å². The Kier molecular flexibility index (Phi) is 5.12. The third-order valence-corrected chi connectivity index (χ3v) is 4.06. The Bertz CT molecular complexity index is 519. The first-order valence-electron chi connectivity index (χ1n) is 7.63. The zero-order valence-electron chi connectivity index (χ0n) is 13.1. The van der Waals surface area contributed by atoms with Crippen LogP contribution in [0.4, 0.5) is 5.82 Å². The highest BCUT2D eigenvalue weighted by atomic mass is 16.4. The standard InChI is InChI=1S/C15H24N4O2/c1-4-11-12(5-2)16-17-14(13(11)15(20)21)19-8-6-7-18(3)9-10-19/h4-10H2,1-3H3,(H,20,21). The summed E-state index contributed by atoms with van der Waals surface area (Å²) in [5, 5.41) is 18.2. The molecule has 6 nitrogen and oxygen atoms in total. The second kappa shape index (κ2) is 6.85. The van der Waals surface area contributed by atoms with Crippen molar-refractivity contribution in [2.24, 2.45) is 0 Å². The number of aromatic carboxylic acids is 1. The average Bonchev–Trinajstić information content (AvgIpc) is 2.70. The summed E-state index contributed by atoms with van der Waals surface area (Å²) < 4.78 is 0. The van der Waals surface area contributed by atoms with Gasteiger partial charge in [-0.15, -0.1) is 5.10 Å². The van der Waals surface area contributed by atoms with E-state index in [1.807, 2.05) is 13.8 Å². The molecule has 0 unspecified atom stereocenters. The monoisotopic (exact) mass is 292 g/mol. The lowest BCUT2D eigenvalue weighted by Gasteiger charge is -2.24. The second-order valence-corrected chi connectivity index (χ2v) is 5.48. The van der Waals surface area contributed by atoms with Gasteiger partial charge >= 0.3 is 5.97 Å². The van der Waals surface area contributed by atoms with Crippen LogP contribution in [0, 0.1) is 0 Å². The van der Waals surface area contributed by atoms with Crippen molar-refractivity contribution >= 4 is 11.8 Å². The van der Waals surface area contributed by atoms with E-state index in [-0.39, 0.29) is 0 Å². The van der Waals surface area contributed by atoms with Gasteiger partial charge in [0.2, 0.25) is 0 Å². The minimum absolute atomic E-state index is 0.342. The number of carboxylic acids is 1. The number of anilines is 1. The fourth-order valence-corrected chi connectivity index (χ4v) is 2.87. The maximum absolute atomic E-state index is 11.8. The summed E-state index contributed by atoms with van der Waals surface area (Å²) in [6, 6.07) is 0. The first kappa shape index (κ1) is 15.7. The van der Waals surface area contributed by atoms with Gasteiger partial charge in [-0.2, -0.15) is 5.10 Å². The van der Waals surface area contributed by atoms with Crippen LogP contribution in [-0.2, 0) is 12.8 Å². The molecule has 2 rings (SSSR count). The molecule has 2 heterocycles. The van der Waals surface area contributed by atoms with Gasteiger partial charge in [-0.05, 0) is 38.4 Å². The number of carboxylic acid groups (broad SMARTS) is 1. The molecule has 1 fully saturated rings. The third kappa shape index (κ3) is 3.32. The molecule has 0 amide bonds. The molecule has 116 valence electrons. The molecule has 21 heavy (non-hydrogen) atoms. The molecule has 0 aliphatic carbocycles. The van der Waals surface area contributed by atoms with Crippen LogP contribution in [0.1, 0.15) is 41.9 Å². The number of hydrogen-bond donors (Lipinski definition) is 1. The molecule has 1 saturated heterocycles. The van der Waals surface area contributed by atoms with Crippen LogP contribution in [0.15, 0.2) is 0 Å². The lowest BCUT2D eigenvalue weighted by molar-refractivity contribution is 0.0695. The topological polar surface area (TPSA) is 69.6 Å². The number of carbonyl (C=O) groups is 1. The van der Waals surface area contributed by atoms with Crippen LogP contribution in [0.3, 0.4) is 0 Å². The first-order valence-corrected chi connectivity index (χ1v) is 7.63. The Hall–Kier alpha value is -1.69. The molecule has 1 aromatic rings. The van der Waals surface area contributed by atoms with Crippen molar-refractivity contribution in [3.8, 4) is 0 Å². The zero-order chi connectivity index (χ0) is 15.4. The number of nitrogens with zero attached hydrogens (tertiary/aromatic N) is 4. The fraction of sp³-hybridized carbons (Fsp3) is 0.667. The molecule has 1 N–H and O–H groups in total. The predicted octanol–water partition coefficient (Wildman–Crippen LogP) is 1.44. The van der Waals surface area contributed by atoms with Crippen molar-refractivity contribution in [3.05, 3.63) is 16.8 Å². The molecule has 6 heteroatoms. The lowest BCUT2D eigenvalue weighted by Crippen LogP contribution is -2.31. The molecule has 0 spiro atoms. The van der Waals surface area contributed by atoms with E-state index in [0.717, 1.165) is 43.9 Å². The van der Waals surface area contributed by atoms with E-state index in [1.54, 1.807) is 0 Å². The highest BCUT2D eigenvalue weighted by Crippen LogP contribution is 2.25. The van der Waals surface area contributed by atoms with E-state index in [4.69, 9.17) is 0 Å². The van der Waals surface area contributed by atoms with Crippen molar-refractivity contribution in [1.29, 1.82) is 0 Å². The second-order valence-electron chi connectivity index (χ2n) is 5.48. The minimum Gasteiger partial charge on any atom is -0.478 e. The zero-order valence-corrected chi connectivity index (χ0v) is 13.1. The summed E-state index contributed by atoms with van der Waals surface area (Å²) in [4.78, 5) is 16.1. The third-order valence-electron chi connectivity index (χ3n) is 4.06. The van der Waals surface area contributed by atoms with E-state index in [2.05, 4.69) is 27.0 Å². The number of likely N-dealkylation sites (N-methyl/N-ethyl adjacent to an activating group) is 1. The van der Waals surface area contributed by atoms with Gasteiger partial charge in [-0.1, -0.05) is 13.8 Å². The molecule has 0 radical (unpaired) electrons. The van der Waals surface area contributed by atoms with Crippen LogP contribution in [0.2, 0.25) is 0 Å². The molecule has 1 aliphatic heterocycles. The number of aromatic nitrogens is 2. The van der Waals surface area contributed by atoms with Crippen LogP contribution in [-0.4, -0.2) is 59.4 Å². The Morgan fingerprint density at radius 3 is 2.52 bits per heavy atom. The Balaban J connectivity index is 2.45. The van der Waals surface area contributed by atoms with Crippen LogP contribution in [0.5, 0.6) is 0 Å². The smallest absolute Gasteiger partial charge is 0.339 e. The fourth-order valence-electron chi connectivity index (χ4n) is 2.87. The van der Waals surface area contributed by atoms with Gasteiger partial charge in [0.25, 0.3) is 0 Å². The quantitative estimate of drug-likeness (QED) is 0.905. The average molecular weight is 292 g/mol. The molecular formula is C15H24N4O2. The van der Waals surface area contributed by atoms with Gasteiger partial charge < -0.3 is 14.9 Å². The maximum Gasteiger partial charge on any atom is 0.339 e. The van der Waals surface area contributed by atoms with Gasteiger partial charge in [0.15, 0.2) is 5.82 Å². The van der Waals surface area contributed by atoms with Gasteiger partial charge in [0, 0.05) is 19.6 Å². The van der Waals surface area contributed by atoms with E-state index in [9.17, 15) is 9.90 Å². The van der Waals surface area contributed by atoms with Gasteiger partial charge in [0.05, 0.1) is 5.69 Å². The summed E-state index contributed by atoms with van der Waals surface area (Å²) >= 11 is 0. The highest BCUT2D eigenvalue weighted by molar-refractivity contribution is 5.95. The number of hydrogen-bond acceptors (Lipinski definition) is 5. The molecule has 0 bridgehead atoms. The highest BCUT2D eigenvalue weighted by Gasteiger charge is 2.25. The Morgan fingerprint density at radius 2 is 1.90 bits per heavy atom. The van der Waals surface area contributed by atoms with Crippen molar-refractivity contribution in [2.45, 2.75) is 33.1 Å². The summed E-state index contributed by atoms with van der Waals surface area (Å²) in [5.41, 5.74) is 1.96. The molecule has 1 aromatic heterocycles. The summed E-state index contributed by atoms with van der Waals surface area (Å²) in [6.07, 6.45) is 2.38. The minimum atomic E-state index is -0.899. The van der Waals surface area contributed by atoms with Crippen LogP contribution >= 0.6 is 0 Å². The van der Waals surface area contributed by atoms with E-state index >= 15 is 0 Å². The van der Waals surface area contributed by atoms with Crippen LogP contribution < -0.4 is 4.90 Å². The molecule has 0 atom stereocenters. The Morgan fingerprint density at radius 1 is 1.14 bits per heavy atom. The van der Waals surface area contributed by atoms with E-state index < -0.39 is 5.97 Å². The summed E-state index contributed by atoms with van der Waals surface area (Å²) in [5.74, 6) is -0.365. The van der Waals surface area contributed by atoms with Gasteiger partial charge in [-0.3, -0.25) is 0 Å². The number of aryl methyl sites for hydroxylation is 1. The van der Waals surface area contributed by atoms with Crippen molar-refractivity contribution in [3.63, 3.8) is 0 Å². The summed E-state index contributed by atoms with van der Waals surface area (Å²) in [6.45, 7) is 7.52. The maximum atomic E-state index is 11.8. The van der Waals surface area contributed by atoms with Gasteiger partial charge in [0.1, 0.15) is 5.56 Å². The predicted molar refractivity (Wildman–Crippen MR) is 82.1 cm³/mol. The van der Waals surface area contributed by atoms with Crippen molar-refractivity contribution in [1.82, 2.24) is 15.1 Å². The van der Waals surface area contributed by atoms with Crippen LogP contribution in [0.25, 0.3) is 0 Å².